The van der Waals surface area contributed by atoms with Gasteiger partial charge < -0.3 is 71.1 Å². The Morgan fingerprint density at radius 3 is 1.06 bits per heavy atom. The third kappa shape index (κ3) is 52.8. The van der Waals surface area contributed by atoms with Gasteiger partial charge in [-0.25, -0.2) is 4.79 Å². The molecule has 2 aliphatic rings. The molecule has 790 valence electrons. The van der Waals surface area contributed by atoms with Gasteiger partial charge in [-0.3, -0.25) is 0 Å². The van der Waals surface area contributed by atoms with Gasteiger partial charge in [-0.2, -0.15) is 0 Å². The van der Waals surface area contributed by atoms with E-state index in [0.717, 1.165) is 104 Å². The molecule has 0 N–H and O–H groups in total. The molecule has 12 unspecified atom stereocenters. The summed E-state index contributed by atoms with van der Waals surface area (Å²) < 4.78 is 84.4. The van der Waals surface area contributed by atoms with Crippen molar-refractivity contribution < 1.29 is 75.8 Å². The number of carbonyl (C=O) groups is 1. The second-order valence-electron chi connectivity index (χ2n) is 40.8. The van der Waals surface area contributed by atoms with Crippen molar-refractivity contribution in [3.63, 3.8) is 0 Å². The van der Waals surface area contributed by atoms with Crippen LogP contribution in [0.2, 0.25) is 0 Å². The number of para-hydroxylation sites is 1. The Hall–Kier alpha value is -9.55. The van der Waals surface area contributed by atoms with Crippen LogP contribution in [-0.4, -0.2) is 93.0 Å². The molecule has 16 nitrogen and oxygen atoms in total. The van der Waals surface area contributed by atoms with Crippen molar-refractivity contribution in [2.24, 2.45) is 0 Å². The number of ether oxygens (including phenoxy) is 15. The fourth-order valence-corrected chi connectivity index (χ4v) is 14.9. The van der Waals surface area contributed by atoms with E-state index in [9.17, 15) is 4.79 Å². The quantitative estimate of drug-likeness (QED) is 0.0154. The SMILES string of the molecule is CCC(C)c1ccc(OC(=O)OC(C)(C)C)cc1.CCC(C)c1ccc(OC(C)(C)C)cc1.CCC(C)c1ccc(OC(C)(C)CC)cc1.CCC(C)c1ccc(OC(C)OCCOc2ccccc2)cc1.CCC(C)c1ccc(OC2CCCCO2)cc1.CCC(C)c1cccc(OC(C)OC2CCCCC2)c1.CCOC(C)(C)Oc1ccc(C(C)CC)cc1.CCOC(C)Oc1cccc(C(C)CC)c1. The van der Waals surface area contributed by atoms with Crippen LogP contribution in [0.4, 0.5) is 4.79 Å². The van der Waals surface area contributed by atoms with E-state index in [1.54, 1.807) is 32.9 Å². The Morgan fingerprint density at radius 2 is 0.683 bits per heavy atom. The zero-order chi connectivity index (χ0) is 105. The standard InChI is InChI=1S/C20H26O3.C18H28O2.C15H22O3.C15H22O2.C15H24O2.C15H24O.C14H22O2.C14H22O/c1-4-16(2)18-10-12-20(13-11-18)23-17(3)21-14-15-22-19-8-6-5-7-9-19;1-4-14(2)16-9-8-12-18(13-16)20-15(3)19-17-10-6-5-7-11-17;1-6-11(2)12-7-9-13(10-8-12)17-14(16)18-15(3,4)5;1-3-12(2)13-7-9-14(10-8-13)17-15-6-4-5-11-16-15;1-6-12(3)13-8-10-14(11-9-13)17-15(4,5)16-7-2;1-6-12(3)13-8-10-14(11-9-13)16-15(4,5)7-2;1-5-11(3)13-8-7-9-14(10-13)16-12(4)15-6-2;1-6-11(2)12-7-9-13(10-8-12)15-14(3,4)5/h5-13,16-17H,4,14-15H2,1-3H3;8-9,12-15,17H,4-7,10-11H2,1-3H3;7-11H,6H2,1-5H3;7-10,12,15H,3-6,11H2,1-2H3;8-12H,6-7H2,1-5H3;8-12H,6-7H2,1-5H3;7-12H,5-6H2,1-4H3;7-11H,6H2,1-5H3. The molecule has 1 heterocycles. The fourth-order valence-electron chi connectivity index (χ4n) is 14.9. The lowest BCUT2D eigenvalue weighted by Crippen LogP contribution is -2.31. The van der Waals surface area contributed by atoms with E-state index in [4.69, 9.17) is 71.1 Å². The van der Waals surface area contributed by atoms with Crippen LogP contribution in [0.15, 0.2) is 224 Å². The Bertz CT molecular complexity index is 4680. The molecular formula is C126H190O16. The minimum atomic E-state index is -0.668. The van der Waals surface area contributed by atoms with Crippen molar-refractivity contribution in [1.82, 2.24) is 0 Å². The summed E-state index contributed by atoms with van der Waals surface area (Å²) in [5.41, 5.74) is 10.0. The summed E-state index contributed by atoms with van der Waals surface area (Å²) in [4.78, 5) is 11.5. The second kappa shape index (κ2) is 67.9. The normalized spacial score (nSPS) is 15.4. The largest absolute Gasteiger partial charge is 0.514 e. The average Bonchev–Trinajstić information content (AvgIpc) is 1.02. The van der Waals surface area contributed by atoms with Gasteiger partial charge in [0.25, 0.3) is 0 Å². The molecule has 9 aromatic rings. The van der Waals surface area contributed by atoms with Gasteiger partial charge in [-0.1, -0.05) is 252 Å². The number of hydrogen-bond acceptors (Lipinski definition) is 16. The number of rotatable bonds is 42. The van der Waals surface area contributed by atoms with Gasteiger partial charge in [-0.15, -0.1) is 0 Å². The highest BCUT2D eigenvalue weighted by molar-refractivity contribution is 5.64. The summed E-state index contributed by atoms with van der Waals surface area (Å²) in [6.45, 7) is 70.2. The molecule has 142 heavy (non-hydrogen) atoms. The highest BCUT2D eigenvalue weighted by Gasteiger charge is 2.24. The first-order valence-electron chi connectivity index (χ1n) is 53.8. The maximum atomic E-state index is 11.5. The molecule has 0 aromatic heterocycles. The summed E-state index contributed by atoms with van der Waals surface area (Å²) in [5.74, 6) is 11.9. The molecule has 16 heteroatoms. The van der Waals surface area contributed by atoms with E-state index in [1.165, 1.54) is 102 Å². The molecule has 1 saturated carbocycles. The highest BCUT2D eigenvalue weighted by Crippen LogP contribution is 2.34. The van der Waals surface area contributed by atoms with Crippen LogP contribution in [0.5, 0.6) is 51.7 Å². The number of carbonyl (C=O) groups excluding carboxylic acids is 1. The Morgan fingerprint density at radius 1 is 0.324 bits per heavy atom. The smallest absolute Gasteiger partial charge is 0.491 e. The van der Waals surface area contributed by atoms with Crippen LogP contribution in [0.1, 0.15) is 423 Å². The summed E-state index contributed by atoms with van der Waals surface area (Å²) in [6.07, 6.45) is 18.9. The molecule has 2 fully saturated rings. The summed E-state index contributed by atoms with van der Waals surface area (Å²) >= 11 is 0. The maximum absolute atomic E-state index is 11.5. The highest BCUT2D eigenvalue weighted by atomic mass is 16.7. The van der Waals surface area contributed by atoms with Crippen LogP contribution >= 0.6 is 0 Å². The van der Waals surface area contributed by atoms with Crippen molar-refractivity contribution >= 4 is 6.16 Å². The van der Waals surface area contributed by atoms with Gasteiger partial charge in [0.2, 0.25) is 5.79 Å². The Labute approximate surface area is 862 Å². The Balaban J connectivity index is 0.000000340. The monoisotopic (exact) mass is 1960 g/mol. The van der Waals surface area contributed by atoms with Gasteiger partial charge in [0, 0.05) is 33.5 Å². The van der Waals surface area contributed by atoms with Crippen LogP contribution in [0.25, 0.3) is 0 Å². The maximum Gasteiger partial charge on any atom is 0.514 e. The molecular weight excluding hydrogens is 1770 g/mol. The van der Waals surface area contributed by atoms with E-state index >= 15 is 0 Å². The first kappa shape index (κ1) is 125. The lowest BCUT2D eigenvalue weighted by Gasteiger charge is -2.26. The molecule has 0 spiro atoms. The lowest BCUT2D eigenvalue weighted by molar-refractivity contribution is -0.152. The van der Waals surface area contributed by atoms with E-state index in [-0.39, 0.29) is 36.4 Å². The lowest BCUT2D eigenvalue weighted by atomic mass is 9.98. The molecule has 0 amide bonds. The van der Waals surface area contributed by atoms with Crippen molar-refractivity contribution in [2.45, 2.75) is 432 Å². The fraction of sp³-hybridized carbons (Fsp3) is 0.563. The van der Waals surface area contributed by atoms with Crippen molar-refractivity contribution in [2.75, 3.05) is 33.0 Å². The minimum Gasteiger partial charge on any atom is -0.491 e. The number of hydrogen-bond donors (Lipinski definition) is 0. The molecule has 1 saturated heterocycles. The molecule has 0 radical (unpaired) electrons. The van der Waals surface area contributed by atoms with Crippen molar-refractivity contribution in [3.8, 4) is 51.7 Å². The van der Waals surface area contributed by atoms with E-state index in [1.807, 2.05) is 133 Å². The predicted molar refractivity (Wildman–Crippen MR) is 592 cm³/mol. The zero-order valence-corrected chi connectivity index (χ0v) is 94.0. The van der Waals surface area contributed by atoms with Gasteiger partial charge in [-0.05, 0) is 375 Å². The summed E-state index contributed by atoms with van der Waals surface area (Å²) in [7, 11) is 0. The van der Waals surface area contributed by atoms with Gasteiger partial charge in [0.05, 0.1) is 19.3 Å². The van der Waals surface area contributed by atoms with Crippen LogP contribution in [0.3, 0.4) is 0 Å². The van der Waals surface area contributed by atoms with Gasteiger partial charge in [0.1, 0.15) is 75.2 Å². The zero-order valence-electron chi connectivity index (χ0n) is 94.0. The van der Waals surface area contributed by atoms with Gasteiger partial charge in [0.15, 0.2) is 25.2 Å². The summed E-state index contributed by atoms with van der Waals surface area (Å²) in [5, 5.41) is 0. The third-order valence-corrected chi connectivity index (χ3v) is 25.7. The van der Waals surface area contributed by atoms with Crippen LogP contribution < -0.4 is 42.6 Å². The predicted octanol–water partition coefficient (Wildman–Crippen LogP) is 36.4. The second-order valence-corrected chi connectivity index (χ2v) is 40.8. The van der Waals surface area contributed by atoms with E-state index in [0.29, 0.717) is 85.6 Å². The topological polar surface area (TPSA) is 156 Å². The van der Waals surface area contributed by atoms with Crippen molar-refractivity contribution in [3.05, 3.63) is 269 Å². The third-order valence-electron chi connectivity index (χ3n) is 25.7. The van der Waals surface area contributed by atoms with Crippen LogP contribution in [0, 0.1) is 0 Å². The molecule has 11 rings (SSSR count). The minimum absolute atomic E-state index is 0.0433. The van der Waals surface area contributed by atoms with E-state index < -0.39 is 17.5 Å². The number of benzene rings is 9. The van der Waals surface area contributed by atoms with Gasteiger partial charge >= 0.3 is 6.16 Å². The van der Waals surface area contributed by atoms with Crippen molar-refractivity contribution in [1.29, 1.82) is 0 Å². The molecule has 1 aliphatic carbocycles. The first-order chi connectivity index (χ1) is 67.5. The molecule has 12 atom stereocenters. The molecule has 9 aromatic carbocycles. The van der Waals surface area contributed by atoms with Crippen LogP contribution in [-0.2, 0) is 28.4 Å². The summed E-state index contributed by atoms with van der Waals surface area (Å²) in [6, 6.07) is 75.9. The molecule has 0 bridgehead atoms. The van der Waals surface area contributed by atoms with E-state index in [2.05, 4.69) is 280 Å². The Kier molecular flexibility index (Phi) is 59.7. The first-order valence-corrected chi connectivity index (χ1v) is 53.8. The average molecular weight is 1960 g/mol. The molecule has 1 aliphatic heterocycles.